The molecule has 2 aromatic rings. The molecule has 276 valence electrons. The van der Waals surface area contributed by atoms with Gasteiger partial charge in [-0.3, -0.25) is 34.3 Å². The molecule has 0 aromatic carbocycles. The van der Waals surface area contributed by atoms with Crippen LogP contribution in [0.25, 0.3) is 0 Å². The number of esters is 1. The fourth-order valence-electron chi connectivity index (χ4n) is 3.94. The third kappa shape index (κ3) is 9.49. The van der Waals surface area contributed by atoms with Gasteiger partial charge in [-0.1, -0.05) is 5.16 Å². The van der Waals surface area contributed by atoms with Crippen LogP contribution in [0.4, 0.5) is 14.7 Å². The number of ether oxygens (including phenoxy) is 1. The summed E-state index contributed by atoms with van der Waals surface area (Å²) in [4.78, 5) is 112. The largest absolute Gasteiger partial charge is 1.00 e. The SMILES string of the molecule is CC(C)(C)OC(=O)C(C)(C)ON=C(C(=O)NC1CN(C(=O)NS(=O)(=O)N2C(=O)CN(NC(=O)c3cc(=O)c(O)c[nH]3)C2=O)C1=O)c1csc(N)n1.[H-].[K+]. The normalized spacial score (nSPS) is 16.5. The number of nitrogen functional groups attached to an aromatic ring is 1. The van der Waals surface area contributed by atoms with Gasteiger partial charge in [0, 0.05) is 17.6 Å². The molecule has 0 aliphatic carbocycles. The number of nitrogens with two attached hydrogens (primary N) is 1. The van der Waals surface area contributed by atoms with Gasteiger partial charge in [0.1, 0.15) is 29.6 Å². The number of carbonyl (C=O) groups is 7. The van der Waals surface area contributed by atoms with Crippen LogP contribution >= 0.6 is 11.3 Å². The number of thiazole rings is 1. The number of β-lactam (4-membered cyclic amide) rings is 1. The van der Waals surface area contributed by atoms with Gasteiger partial charge in [-0.2, -0.15) is 8.42 Å². The molecule has 0 spiro atoms. The summed E-state index contributed by atoms with van der Waals surface area (Å²) in [5.74, 6) is -6.28. The van der Waals surface area contributed by atoms with Crippen molar-refractivity contribution in [2.75, 3.05) is 18.8 Å². The van der Waals surface area contributed by atoms with Crippen molar-refractivity contribution in [3.8, 4) is 5.75 Å². The van der Waals surface area contributed by atoms with Gasteiger partial charge in [-0.15, -0.1) is 15.6 Å². The molecule has 2 aliphatic rings. The van der Waals surface area contributed by atoms with E-state index in [1.54, 1.807) is 20.8 Å². The summed E-state index contributed by atoms with van der Waals surface area (Å²) in [7, 11) is -5.30. The maximum atomic E-state index is 13.2. The maximum Gasteiger partial charge on any atom is 1.00 e. The number of carbonyl (C=O) groups excluding carboxylic acids is 7. The number of rotatable bonds is 10. The Bertz CT molecular complexity index is 2050. The second-order valence-electron chi connectivity index (χ2n) is 12.1. The molecule has 0 saturated carbocycles. The summed E-state index contributed by atoms with van der Waals surface area (Å²) in [6, 6.07) is -3.95. The van der Waals surface area contributed by atoms with E-state index in [4.69, 9.17) is 15.3 Å². The molecule has 8 amide bonds. The number of hydrogen-bond donors (Lipinski definition) is 6. The molecule has 1 atom stereocenters. The molecular weight excluding hydrogens is 764 g/mol. The Balaban J connectivity index is 0.00000486. The summed E-state index contributed by atoms with van der Waals surface area (Å²) >= 11 is 0.937. The molecule has 4 rings (SSSR count). The van der Waals surface area contributed by atoms with E-state index in [-0.39, 0.29) is 73.0 Å². The number of hydrazine groups is 1. The van der Waals surface area contributed by atoms with Gasteiger partial charge in [0.2, 0.25) is 11.0 Å². The van der Waals surface area contributed by atoms with Crippen LogP contribution in [0.2, 0.25) is 0 Å². The van der Waals surface area contributed by atoms with Crippen molar-refractivity contribution in [3.05, 3.63) is 39.3 Å². The van der Waals surface area contributed by atoms with Crippen molar-refractivity contribution in [1.29, 1.82) is 0 Å². The van der Waals surface area contributed by atoms with E-state index in [0.717, 1.165) is 17.5 Å². The Morgan fingerprint density at radius 1 is 1.15 bits per heavy atom. The van der Waals surface area contributed by atoms with Crippen LogP contribution in [0.15, 0.2) is 27.6 Å². The number of oxime groups is 1. The smallest absolute Gasteiger partial charge is 1.00 e. The quantitative estimate of drug-likeness (QED) is 0.0328. The second kappa shape index (κ2) is 15.6. The first-order valence-electron chi connectivity index (χ1n) is 14.3. The number of urea groups is 2. The summed E-state index contributed by atoms with van der Waals surface area (Å²) < 4.78 is 32.0. The predicted octanol–water partition coefficient (Wildman–Crippen LogP) is -5.03. The summed E-state index contributed by atoms with van der Waals surface area (Å²) in [6.45, 7) is 5.95. The van der Waals surface area contributed by atoms with E-state index in [1.807, 2.05) is 5.43 Å². The molecule has 0 bridgehead atoms. The number of anilines is 1. The van der Waals surface area contributed by atoms with E-state index in [2.05, 4.69) is 20.4 Å². The number of imide groups is 2. The molecule has 0 radical (unpaired) electrons. The molecule has 2 aliphatic heterocycles. The molecule has 2 fully saturated rings. The van der Waals surface area contributed by atoms with Gasteiger partial charge in [0.15, 0.2) is 16.6 Å². The topological polar surface area (TPSA) is 322 Å². The van der Waals surface area contributed by atoms with Crippen LogP contribution in [0.3, 0.4) is 0 Å². The van der Waals surface area contributed by atoms with Gasteiger partial charge in [0.05, 0.1) is 6.54 Å². The maximum absolute atomic E-state index is 13.2. The van der Waals surface area contributed by atoms with E-state index >= 15 is 0 Å². The number of aromatic amines is 1. The van der Waals surface area contributed by atoms with Crippen LogP contribution < -0.4 is 78.0 Å². The predicted molar refractivity (Wildman–Crippen MR) is 171 cm³/mol. The monoisotopic (exact) mass is 794 g/mol. The van der Waals surface area contributed by atoms with Crippen molar-refractivity contribution in [1.82, 2.24) is 39.6 Å². The Morgan fingerprint density at radius 2 is 1.81 bits per heavy atom. The van der Waals surface area contributed by atoms with E-state index in [1.165, 1.54) is 23.9 Å². The summed E-state index contributed by atoms with van der Waals surface area (Å²) in [6.07, 6.45) is 0.779. The number of pyridine rings is 1. The first-order valence-corrected chi connectivity index (χ1v) is 16.6. The van der Waals surface area contributed by atoms with Crippen molar-refractivity contribution in [2.45, 2.75) is 51.9 Å². The third-order valence-corrected chi connectivity index (χ3v) is 8.42. The van der Waals surface area contributed by atoms with E-state index in [9.17, 15) is 51.9 Å². The molecule has 2 aromatic heterocycles. The Labute approximate surface area is 341 Å². The second-order valence-corrected chi connectivity index (χ2v) is 14.5. The fourth-order valence-corrected chi connectivity index (χ4v) is 5.54. The minimum atomic E-state index is -5.30. The fraction of sp³-hybridized carbons (Fsp3) is 0.385. The number of hydrogen-bond acceptors (Lipinski definition) is 17. The number of likely N-dealkylation sites (tertiary alicyclic amines) is 1. The molecule has 52 heavy (non-hydrogen) atoms. The van der Waals surface area contributed by atoms with Crippen molar-refractivity contribution < 1.29 is 109 Å². The first kappa shape index (κ1) is 41.9. The minimum absolute atomic E-state index is 0. The van der Waals surface area contributed by atoms with Crippen molar-refractivity contribution in [3.63, 3.8) is 0 Å². The standard InChI is InChI=1S/C26H30N10O13S2.K.H/c1-25(2,3)48-21(43)26(4,5)49-32-17(13-10-50-22(27)30-13)19(41)29-12-8-34(20(12)42)23(44)33-51(46,47)36-16(39)9-35(24(36)45)31-18(40)11-6-14(37)15(38)7-28-11;;/h6-7,10,12,38H,8-9H2,1-5H3,(H2,27,30)(H,28,37)(H,29,41)(H,31,40)(H,33,44);;/q;+1;-1. The Kier molecular flexibility index (Phi) is 12.6. The number of amides is 8. The van der Waals surface area contributed by atoms with Gasteiger partial charge >= 0.3 is 79.6 Å². The molecule has 2 saturated heterocycles. The van der Waals surface area contributed by atoms with Crippen molar-refractivity contribution >= 4 is 74.0 Å². The van der Waals surface area contributed by atoms with E-state index in [0.29, 0.717) is 11.0 Å². The van der Waals surface area contributed by atoms with Gasteiger partial charge < -0.3 is 32.1 Å². The molecule has 23 nitrogen and oxygen atoms in total. The summed E-state index contributed by atoms with van der Waals surface area (Å²) in [5.41, 5.74) is 2.98. The molecule has 4 heterocycles. The Hall–Kier alpha value is -4.47. The molecule has 1 unspecified atom stereocenters. The van der Waals surface area contributed by atoms with Gasteiger partial charge in [-0.05, 0) is 34.6 Å². The van der Waals surface area contributed by atoms with Crippen LogP contribution in [0.1, 0.15) is 52.2 Å². The van der Waals surface area contributed by atoms with E-state index < -0.39 is 105 Å². The average molecular weight is 795 g/mol. The number of aromatic hydroxyl groups is 1. The number of aromatic nitrogens is 2. The minimum Gasteiger partial charge on any atom is -1.00 e. The van der Waals surface area contributed by atoms with Crippen LogP contribution in [0.5, 0.6) is 5.75 Å². The zero-order valence-electron chi connectivity index (χ0n) is 29.2. The number of nitrogens with zero attached hydrogens (tertiary/aromatic N) is 5. The Morgan fingerprint density at radius 3 is 2.37 bits per heavy atom. The molecule has 26 heteroatoms. The zero-order chi connectivity index (χ0) is 38.2. The first-order chi connectivity index (χ1) is 23.5. The van der Waals surface area contributed by atoms with Crippen LogP contribution in [-0.2, 0) is 39.0 Å². The van der Waals surface area contributed by atoms with Gasteiger partial charge in [-0.25, -0.2) is 29.1 Å². The van der Waals surface area contributed by atoms with Gasteiger partial charge in [0.25, 0.3) is 23.6 Å². The number of H-pyrrole nitrogens is 1. The van der Waals surface area contributed by atoms with Crippen LogP contribution in [-0.4, -0.2) is 115 Å². The average Bonchev–Trinajstić information content (AvgIpc) is 3.56. The molecule has 7 N–H and O–H groups in total. The zero-order valence-corrected chi connectivity index (χ0v) is 33.0. The number of nitrogens with one attached hydrogen (secondary N) is 4. The third-order valence-electron chi connectivity index (χ3n) is 6.47. The summed E-state index contributed by atoms with van der Waals surface area (Å²) in [5, 5.41) is 17.0. The van der Waals surface area contributed by atoms with Crippen LogP contribution in [0, 0.1) is 0 Å². The van der Waals surface area contributed by atoms with Crippen molar-refractivity contribution in [2.24, 2.45) is 5.16 Å². The molecular formula is C26H31KN10O13S2.